The highest BCUT2D eigenvalue weighted by Crippen LogP contribution is 2.20. The lowest BCUT2D eigenvalue weighted by Crippen LogP contribution is -2.22. The van der Waals surface area contributed by atoms with Gasteiger partial charge in [0.25, 0.3) is 0 Å². The van der Waals surface area contributed by atoms with Gasteiger partial charge in [0.05, 0.1) is 23.6 Å². The smallest absolute Gasteiger partial charge is 0.244 e. The monoisotopic (exact) mass is 382 g/mol. The van der Waals surface area contributed by atoms with Crippen LogP contribution in [0.3, 0.4) is 0 Å². The number of hydrogen-bond acceptors (Lipinski definition) is 3. The Morgan fingerprint density at radius 1 is 1.07 bits per heavy atom. The molecule has 0 fully saturated rings. The lowest BCUT2D eigenvalue weighted by atomic mass is 10.1. The number of aromatic amines is 1. The van der Waals surface area contributed by atoms with Crippen molar-refractivity contribution in [1.29, 1.82) is 0 Å². The maximum atomic E-state index is 12.1. The van der Waals surface area contributed by atoms with Gasteiger partial charge < -0.3 is 10.3 Å². The molecule has 2 amide bonds. The van der Waals surface area contributed by atoms with Crippen LogP contribution in [0.25, 0.3) is 10.9 Å². The topological polar surface area (TPSA) is 86.3 Å². The first kappa shape index (κ1) is 18.7. The molecule has 138 valence electrons. The number of hydrazone groups is 1. The SMILES string of the molecule is CC(CC(=O)Nc1ccccc1Cl)=NNC(=O)Cc1c[nH]c2ccccc12. The van der Waals surface area contributed by atoms with E-state index >= 15 is 0 Å². The number of carbonyl (C=O) groups excluding carboxylic acids is 2. The van der Waals surface area contributed by atoms with Crippen molar-refractivity contribution in [1.82, 2.24) is 10.4 Å². The van der Waals surface area contributed by atoms with Crippen molar-refractivity contribution in [2.45, 2.75) is 19.8 Å². The number of aromatic nitrogens is 1. The number of halogens is 1. The van der Waals surface area contributed by atoms with Crippen molar-refractivity contribution in [3.63, 3.8) is 0 Å². The number of anilines is 1. The van der Waals surface area contributed by atoms with Crippen LogP contribution in [0.4, 0.5) is 5.69 Å². The van der Waals surface area contributed by atoms with Crippen LogP contribution in [-0.4, -0.2) is 22.5 Å². The van der Waals surface area contributed by atoms with Crippen LogP contribution in [0.15, 0.2) is 59.8 Å². The first-order valence-corrected chi connectivity index (χ1v) is 8.82. The summed E-state index contributed by atoms with van der Waals surface area (Å²) in [7, 11) is 0. The fourth-order valence-electron chi connectivity index (χ4n) is 2.68. The van der Waals surface area contributed by atoms with E-state index in [9.17, 15) is 9.59 Å². The van der Waals surface area contributed by atoms with Gasteiger partial charge in [-0.15, -0.1) is 0 Å². The average molecular weight is 383 g/mol. The van der Waals surface area contributed by atoms with Crippen molar-refractivity contribution in [3.8, 4) is 0 Å². The molecule has 3 aromatic rings. The highest BCUT2D eigenvalue weighted by molar-refractivity contribution is 6.33. The molecule has 7 heteroatoms. The summed E-state index contributed by atoms with van der Waals surface area (Å²) < 4.78 is 0. The summed E-state index contributed by atoms with van der Waals surface area (Å²) in [5.74, 6) is -0.499. The number of fused-ring (bicyclic) bond motifs is 1. The van der Waals surface area contributed by atoms with Gasteiger partial charge in [0.1, 0.15) is 0 Å². The van der Waals surface area contributed by atoms with Gasteiger partial charge in [-0.3, -0.25) is 9.59 Å². The molecule has 2 aromatic carbocycles. The van der Waals surface area contributed by atoms with Crippen LogP contribution in [0.1, 0.15) is 18.9 Å². The zero-order valence-corrected chi connectivity index (χ0v) is 15.5. The molecule has 3 rings (SSSR count). The number of para-hydroxylation sites is 2. The molecule has 0 aliphatic carbocycles. The molecule has 3 N–H and O–H groups in total. The van der Waals surface area contributed by atoms with Crippen LogP contribution in [-0.2, 0) is 16.0 Å². The summed E-state index contributed by atoms with van der Waals surface area (Å²) in [6.07, 6.45) is 2.07. The third-order valence-corrected chi connectivity index (χ3v) is 4.29. The fourth-order valence-corrected chi connectivity index (χ4v) is 2.86. The molecule has 1 heterocycles. The fraction of sp³-hybridized carbons (Fsp3) is 0.150. The van der Waals surface area contributed by atoms with Crippen molar-refractivity contribution in [2.75, 3.05) is 5.32 Å². The largest absolute Gasteiger partial charge is 0.361 e. The molecule has 0 unspecified atom stereocenters. The molecule has 0 spiro atoms. The number of hydrogen-bond donors (Lipinski definition) is 3. The van der Waals surface area contributed by atoms with Gasteiger partial charge in [0, 0.05) is 22.8 Å². The van der Waals surface area contributed by atoms with E-state index in [0.29, 0.717) is 16.4 Å². The lowest BCUT2D eigenvalue weighted by molar-refractivity contribution is -0.120. The summed E-state index contributed by atoms with van der Waals surface area (Å²) in [5, 5.41) is 8.19. The number of carbonyl (C=O) groups is 2. The molecule has 0 saturated heterocycles. The zero-order chi connectivity index (χ0) is 19.2. The normalized spacial score (nSPS) is 11.4. The minimum Gasteiger partial charge on any atom is -0.361 e. The van der Waals surface area contributed by atoms with Crippen molar-refractivity contribution in [3.05, 3.63) is 65.3 Å². The van der Waals surface area contributed by atoms with E-state index < -0.39 is 0 Å². The number of amides is 2. The number of benzene rings is 2. The van der Waals surface area contributed by atoms with Gasteiger partial charge in [0.2, 0.25) is 11.8 Å². The number of nitrogens with zero attached hydrogens (tertiary/aromatic N) is 1. The summed E-state index contributed by atoms with van der Waals surface area (Å²) >= 11 is 6.01. The number of nitrogens with one attached hydrogen (secondary N) is 3. The van der Waals surface area contributed by atoms with E-state index in [-0.39, 0.29) is 24.7 Å². The first-order valence-electron chi connectivity index (χ1n) is 8.44. The molecule has 6 nitrogen and oxygen atoms in total. The van der Waals surface area contributed by atoms with Gasteiger partial charge in [-0.25, -0.2) is 5.43 Å². The molecule has 0 bridgehead atoms. The van der Waals surface area contributed by atoms with E-state index in [2.05, 4.69) is 20.8 Å². The van der Waals surface area contributed by atoms with Crippen LogP contribution < -0.4 is 10.7 Å². The van der Waals surface area contributed by atoms with E-state index in [1.165, 1.54) is 0 Å². The zero-order valence-electron chi connectivity index (χ0n) is 14.8. The Morgan fingerprint density at radius 3 is 2.63 bits per heavy atom. The minimum absolute atomic E-state index is 0.0542. The Hall–Kier alpha value is -3.12. The molecule has 0 radical (unpaired) electrons. The van der Waals surface area contributed by atoms with Crippen molar-refractivity contribution >= 4 is 45.7 Å². The van der Waals surface area contributed by atoms with Gasteiger partial charge >= 0.3 is 0 Å². The molecular formula is C20H19ClN4O2. The van der Waals surface area contributed by atoms with Gasteiger partial charge in [0.15, 0.2) is 0 Å². The Balaban J connectivity index is 1.53. The van der Waals surface area contributed by atoms with Crippen LogP contribution >= 0.6 is 11.6 Å². The predicted molar refractivity (Wildman–Crippen MR) is 108 cm³/mol. The second-order valence-electron chi connectivity index (χ2n) is 6.12. The van der Waals surface area contributed by atoms with Crippen LogP contribution in [0.5, 0.6) is 0 Å². The van der Waals surface area contributed by atoms with E-state index in [4.69, 9.17) is 11.6 Å². The third kappa shape index (κ3) is 4.95. The van der Waals surface area contributed by atoms with Gasteiger partial charge in [-0.2, -0.15) is 5.10 Å². The average Bonchev–Trinajstić information content (AvgIpc) is 3.05. The van der Waals surface area contributed by atoms with Gasteiger partial charge in [-0.1, -0.05) is 41.9 Å². The Labute approximate surface area is 161 Å². The standard InChI is InChI=1S/C20H19ClN4O2/c1-13(10-19(26)23-18-9-5-3-7-16(18)21)24-25-20(27)11-14-12-22-17-8-4-2-6-15(14)17/h2-9,12,22H,10-11H2,1H3,(H,23,26)(H,25,27). The Morgan fingerprint density at radius 2 is 1.81 bits per heavy atom. The Bertz CT molecular complexity index is 1010. The molecule has 1 aromatic heterocycles. The highest BCUT2D eigenvalue weighted by atomic mass is 35.5. The molecule has 0 atom stereocenters. The number of H-pyrrole nitrogens is 1. The van der Waals surface area contributed by atoms with Crippen molar-refractivity contribution < 1.29 is 9.59 Å². The molecule has 27 heavy (non-hydrogen) atoms. The van der Waals surface area contributed by atoms with E-state index in [0.717, 1.165) is 16.5 Å². The minimum atomic E-state index is -0.254. The van der Waals surface area contributed by atoms with Crippen LogP contribution in [0.2, 0.25) is 5.02 Å². The van der Waals surface area contributed by atoms with Crippen molar-refractivity contribution in [2.24, 2.45) is 5.10 Å². The van der Waals surface area contributed by atoms with Gasteiger partial charge in [-0.05, 0) is 30.7 Å². The lowest BCUT2D eigenvalue weighted by Gasteiger charge is -2.07. The quantitative estimate of drug-likeness (QED) is 0.446. The molecular weight excluding hydrogens is 364 g/mol. The number of rotatable bonds is 6. The third-order valence-electron chi connectivity index (χ3n) is 3.96. The maximum Gasteiger partial charge on any atom is 0.244 e. The predicted octanol–water partition coefficient (Wildman–Crippen LogP) is 3.88. The molecule has 0 aliphatic rings. The second kappa shape index (κ2) is 8.51. The second-order valence-corrected chi connectivity index (χ2v) is 6.53. The first-order chi connectivity index (χ1) is 13.0. The summed E-state index contributed by atoms with van der Waals surface area (Å²) in [5.41, 5.74) is 5.41. The Kier molecular flexibility index (Phi) is 5.88. The summed E-state index contributed by atoms with van der Waals surface area (Å²) in [4.78, 5) is 27.3. The molecule has 0 saturated carbocycles. The van der Waals surface area contributed by atoms with Crippen LogP contribution in [0, 0.1) is 0 Å². The highest BCUT2D eigenvalue weighted by Gasteiger charge is 2.10. The van der Waals surface area contributed by atoms with E-state index in [1.807, 2.05) is 30.5 Å². The molecule has 0 aliphatic heterocycles. The van der Waals surface area contributed by atoms with E-state index in [1.54, 1.807) is 31.2 Å². The summed E-state index contributed by atoms with van der Waals surface area (Å²) in [6, 6.07) is 14.8. The summed E-state index contributed by atoms with van der Waals surface area (Å²) in [6.45, 7) is 1.68. The maximum absolute atomic E-state index is 12.1.